The summed E-state index contributed by atoms with van der Waals surface area (Å²) in [7, 11) is 0. The fraction of sp³-hybridized carbons (Fsp3) is 0.533. The second-order valence-electron chi connectivity index (χ2n) is 5.54. The normalized spacial score (nSPS) is 24.8. The molecule has 92 valence electrons. The highest BCUT2D eigenvalue weighted by Gasteiger charge is 2.49. The Balaban J connectivity index is 2.71. The van der Waals surface area contributed by atoms with Gasteiger partial charge in [0.1, 0.15) is 5.78 Å². The number of carbonyl (C=O) groups is 1. The first-order chi connectivity index (χ1) is 8.48. The molecule has 0 N–H and O–H groups in total. The Morgan fingerprint density at radius 1 is 1.17 bits per heavy atom. The first kappa shape index (κ1) is 12.6. The van der Waals surface area contributed by atoms with Crippen molar-refractivity contribution in [3.8, 4) is 12.1 Å². The summed E-state index contributed by atoms with van der Waals surface area (Å²) in [6.45, 7) is 3.69. The lowest BCUT2D eigenvalue weighted by molar-refractivity contribution is -0.126. The van der Waals surface area contributed by atoms with Crippen molar-refractivity contribution in [1.29, 1.82) is 10.5 Å². The molecule has 3 heteroatoms. The van der Waals surface area contributed by atoms with Crippen LogP contribution in [0, 0.1) is 33.5 Å². The predicted octanol–water partition coefficient (Wildman–Crippen LogP) is 3.06. The molecule has 0 atom stereocenters. The summed E-state index contributed by atoms with van der Waals surface area (Å²) in [6, 6.07) is 4.32. The third-order valence-corrected chi connectivity index (χ3v) is 4.09. The molecule has 0 unspecified atom stereocenters. The van der Waals surface area contributed by atoms with Gasteiger partial charge in [0.05, 0.1) is 12.1 Å². The number of hydrogen-bond acceptors (Lipinski definition) is 3. The van der Waals surface area contributed by atoms with Gasteiger partial charge < -0.3 is 0 Å². The fourth-order valence-corrected chi connectivity index (χ4v) is 3.14. The zero-order chi connectivity index (χ0) is 13.4. The molecule has 2 aliphatic rings. The topological polar surface area (TPSA) is 64.7 Å². The summed E-state index contributed by atoms with van der Waals surface area (Å²) in [5.74, 6) is 0.137. The number of nitrogens with zero attached hydrogens (tertiary/aromatic N) is 2. The SMILES string of the molecule is CC1(C)C(=O)CCC2=C1C(C#N)(C#N)CC=CC2. The molecular formula is C15H16N2O. The molecule has 3 nitrogen and oxygen atoms in total. The Hall–Kier alpha value is -1.87. The van der Waals surface area contributed by atoms with Crippen LogP contribution in [0.2, 0.25) is 0 Å². The Kier molecular flexibility index (Phi) is 2.87. The van der Waals surface area contributed by atoms with Crippen molar-refractivity contribution < 1.29 is 4.79 Å². The molecule has 0 saturated carbocycles. The van der Waals surface area contributed by atoms with E-state index < -0.39 is 10.8 Å². The zero-order valence-corrected chi connectivity index (χ0v) is 10.8. The number of allylic oxidation sites excluding steroid dienone is 4. The van der Waals surface area contributed by atoms with Crippen LogP contribution < -0.4 is 0 Å². The van der Waals surface area contributed by atoms with Crippen LogP contribution in [0.1, 0.15) is 39.5 Å². The molecule has 0 heterocycles. The van der Waals surface area contributed by atoms with Crippen LogP contribution in [0.3, 0.4) is 0 Å². The van der Waals surface area contributed by atoms with E-state index >= 15 is 0 Å². The van der Waals surface area contributed by atoms with E-state index in [9.17, 15) is 15.3 Å². The number of rotatable bonds is 0. The minimum Gasteiger partial charge on any atom is -0.299 e. The summed E-state index contributed by atoms with van der Waals surface area (Å²) in [5.41, 5.74) is 0.0187. The van der Waals surface area contributed by atoms with E-state index in [1.807, 2.05) is 26.0 Å². The van der Waals surface area contributed by atoms with Crippen LogP contribution in [-0.4, -0.2) is 5.78 Å². The molecule has 0 amide bonds. The van der Waals surface area contributed by atoms with Crippen molar-refractivity contribution in [2.75, 3.05) is 0 Å². The van der Waals surface area contributed by atoms with Crippen LogP contribution in [0.25, 0.3) is 0 Å². The van der Waals surface area contributed by atoms with E-state index in [4.69, 9.17) is 0 Å². The molecule has 0 aliphatic heterocycles. The average Bonchev–Trinajstić information content (AvgIpc) is 2.54. The quantitative estimate of drug-likeness (QED) is 0.611. The Morgan fingerprint density at radius 2 is 1.83 bits per heavy atom. The highest BCUT2D eigenvalue weighted by molar-refractivity contribution is 5.89. The maximum Gasteiger partial charge on any atom is 0.169 e. The Labute approximate surface area is 107 Å². The molecule has 2 aliphatic carbocycles. The summed E-state index contributed by atoms with van der Waals surface area (Å²) in [4.78, 5) is 12.1. The molecular weight excluding hydrogens is 224 g/mol. The predicted molar refractivity (Wildman–Crippen MR) is 67.1 cm³/mol. The van der Waals surface area contributed by atoms with E-state index in [1.54, 1.807) is 0 Å². The van der Waals surface area contributed by atoms with Crippen LogP contribution in [-0.2, 0) is 4.79 Å². The van der Waals surface area contributed by atoms with Crippen LogP contribution in [0.4, 0.5) is 0 Å². The average molecular weight is 240 g/mol. The highest BCUT2D eigenvalue weighted by atomic mass is 16.1. The number of nitriles is 2. The monoisotopic (exact) mass is 240 g/mol. The maximum absolute atomic E-state index is 12.1. The van der Waals surface area contributed by atoms with Crippen molar-refractivity contribution >= 4 is 5.78 Å². The number of ketones is 1. The molecule has 0 bridgehead atoms. The van der Waals surface area contributed by atoms with E-state index in [0.717, 1.165) is 17.6 Å². The van der Waals surface area contributed by atoms with Crippen molar-refractivity contribution in [2.45, 2.75) is 39.5 Å². The van der Waals surface area contributed by atoms with E-state index in [-0.39, 0.29) is 5.78 Å². The summed E-state index contributed by atoms with van der Waals surface area (Å²) in [5, 5.41) is 18.9. The first-order valence-corrected chi connectivity index (χ1v) is 6.22. The van der Waals surface area contributed by atoms with Crippen LogP contribution in [0.5, 0.6) is 0 Å². The maximum atomic E-state index is 12.1. The third kappa shape index (κ3) is 1.59. The van der Waals surface area contributed by atoms with Crippen molar-refractivity contribution in [3.63, 3.8) is 0 Å². The molecule has 0 saturated heterocycles. The summed E-state index contributed by atoms with van der Waals surface area (Å²) < 4.78 is 0. The van der Waals surface area contributed by atoms with E-state index in [2.05, 4.69) is 12.1 Å². The molecule has 2 rings (SSSR count). The van der Waals surface area contributed by atoms with Gasteiger partial charge in [0, 0.05) is 18.3 Å². The first-order valence-electron chi connectivity index (χ1n) is 6.22. The van der Waals surface area contributed by atoms with E-state index in [0.29, 0.717) is 19.3 Å². The minimum absolute atomic E-state index is 0.137. The fourth-order valence-electron chi connectivity index (χ4n) is 3.14. The molecule has 0 aromatic carbocycles. The number of carbonyl (C=O) groups excluding carboxylic acids is 1. The molecule has 0 aromatic heterocycles. The van der Waals surface area contributed by atoms with Gasteiger partial charge in [-0.15, -0.1) is 0 Å². The lowest BCUT2D eigenvalue weighted by Crippen LogP contribution is -2.39. The van der Waals surface area contributed by atoms with Crippen molar-refractivity contribution in [2.24, 2.45) is 10.8 Å². The minimum atomic E-state index is -1.16. The van der Waals surface area contributed by atoms with Crippen LogP contribution >= 0.6 is 0 Å². The van der Waals surface area contributed by atoms with E-state index in [1.165, 1.54) is 0 Å². The summed E-state index contributed by atoms with van der Waals surface area (Å²) >= 11 is 0. The van der Waals surface area contributed by atoms with Crippen LogP contribution in [0.15, 0.2) is 23.3 Å². The lowest BCUT2D eigenvalue weighted by atomic mass is 9.61. The number of hydrogen-bond donors (Lipinski definition) is 0. The molecule has 0 fully saturated rings. The van der Waals surface area contributed by atoms with Gasteiger partial charge in [-0.1, -0.05) is 17.7 Å². The third-order valence-electron chi connectivity index (χ3n) is 4.09. The molecule has 0 radical (unpaired) electrons. The smallest absolute Gasteiger partial charge is 0.169 e. The van der Waals surface area contributed by atoms with Gasteiger partial charge in [-0.2, -0.15) is 10.5 Å². The Morgan fingerprint density at radius 3 is 2.44 bits per heavy atom. The second kappa shape index (κ2) is 4.10. The van der Waals surface area contributed by atoms with Gasteiger partial charge in [0.2, 0.25) is 0 Å². The number of Topliss-reactive ketones (excluding diaryl/α,β-unsaturated/α-hetero) is 1. The van der Waals surface area contributed by atoms with Gasteiger partial charge in [-0.25, -0.2) is 0 Å². The van der Waals surface area contributed by atoms with Gasteiger partial charge >= 0.3 is 0 Å². The molecule has 18 heavy (non-hydrogen) atoms. The second-order valence-corrected chi connectivity index (χ2v) is 5.54. The zero-order valence-electron chi connectivity index (χ0n) is 10.8. The van der Waals surface area contributed by atoms with Gasteiger partial charge in [0.25, 0.3) is 0 Å². The lowest BCUT2D eigenvalue weighted by Gasteiger charge is -2.38. The van der Waals surface area contributed by atoms with Crippen molar-refractivity contribution in [1.82, 2.24) is 0 Å². The molecule has 0 spiro atoms. The van der Waals surface area contributed by atoms with Gasteiger partial charge in [-0.05, 0) is 32.3 Å². The standard InChI is InChI=1S/C15H16N2O/c1-14(2)12(18)7-6-11-5-3-4-8-15(9-16,10-17)13(11)14/h3-4H,5-8H2,1-2H3. The van der Waals surface area contributed by atoms with Gasteiger partial charge in [-0.3, -0.25) is 4.79 Å². The Bertz CT molecular complexity index is 524. The van der Waals surface area contributed by atoms with Gasteiger partial charge in [0.15, 0.2) is 5.41 Å². The molecule has 0 aromatic rings. The highest BCUT2D eigenvalue weighted by Crippen LogP contribution is 2.50. The summed E-state index contributed by atoms with van der Waals surface area (Å²) in [6.07, 6.45) is 6.26. The largest absolute Gasteiger partial charge is 0.299 e. The van der Waals surface area contributed by atoms with Crippen molar-refractivity contribution in [3.05, 3.63) is 23.3 Å².